The van der Waals surface area contributed by atoms with E-state index < -0.39 is 12.3 Å². The van der Waals surface area contributed by atoms with Gasteiger partial charge in [0.25, 0.3) is 0 Å². The molecule has 0 aliphatic heterocycles. The van der Waals surface area contributed by atoms with Crippen molar-refractivity contribution < 1.29 is 19.0 Å². The Hall–Kier alpha value is -1.74. The van der Waals surface area contributed by atoms with Gasteiger partial charge in [-0.05, 0) is 31.5 Å². The summed E-state index contributed by atoms with van der Waals surface area (Å²) in [6.45, 7) is 3.73. The molecule has 0 bridgehead atoms. The van der Waals surface area contributed by atoms with Crippen molar-refractivity contribution in [1.29, 1.82) is 5.26 Å². The molecule has 19 heavy (non-hydrogen) atoms. The summed E-state index contributed by atoms with van der Waals surface area (Å²) >= 11 is 3.35. The second kappa shape index (κ2) is 7.00. The van der Waals surface area contributed by atoms with Gasteiger partial charge < -0.3 is 14.2 Å². The van der Waals surface area contributed by atoms with E-state index in [-0.39, 0.29) is 6.61 Å². The van der Waals surface area contributed by atoms with Crippen LogP contribution in [0.25, 0.3) is 0 Å². The van der Waals surface area contributed by atoms with Crippen molar-refractivity contribution in [3.8, 4) is 11.8 Å². The lowest BCUT2D eigenvalue weighted by Crippen LogP contribution is -2.13. The highest BCUT2D eigenvalue weighted by Gasteiger charge is 2.24. The van der Waals surface area contributed by atoms with Gasteiger partial charge in [-0.25, -0.2) is 4.79 Å². The minimum atomic E-state index is -1.09. The number of hydrogen-bond acceptors (Lipinski definition) is 5. The molecule has 0 N–H and O–H groups in total. The third-order valence-corrected chi connectivity index (χ3v) is 2.97. The van der Waals surface area contributed by atoms with Gasteiger partial charge in [-0.15, -0.1) is 0 Å². The zero-order chi connectivity index (χ0) is 14.4. The van der Waals surface area contributed by atoms with E-state index in [4.69, 9.17) is 14.7 Å². The van der Waals surface area contributed by atoms with Crippen molar-refractivity contribution in [1.82, 2.24) is 0 Å². The number of carbonyl (C=O) groups excluding carboxylic acids is 1. The summed E-state index contributed by atoms with van der Waals surface area (Å²) in [6.07, 6.45) is -1.98. The van der Waals surface area contributed by atoms with Crippen LogP contribution in [0.15, 0.2) is 16.6 Å². The summed E-state index contributed by atoms with van der Waals surface area (Å²) in [6, 6.07) is 5.49. The summed E-state index contributed by atoms with van der Waals surface area (Å²) in [5.74, 6) is 0.475. The van der Waals surface area contributed by atoms with E-state index in [1.54, 1.807) is 13.0 Å². The number of hydrogen-bond donors (Lipinski definition) is 0. The van der Waals surface area contributed by atoms with E-state index >= 15 is 0 Å². The third kappa shape index (κ3) is 3.86. The van der Waals surface area contributed by atoms with Crippen molar-refractivity contribution in [3.63, 3.8) is 0 Å². The van der Waals surface area contributed by atoms with E-state index in [2.05, 4.69) is 20.7 Å². The van der Waals surface area contributed by atoms with E-state index in [1.807, 2.05) is 19.1 Å². The van der Waals surface area contributed by atoms with Crippen LogP contribution in [0.2, 0.25) is 0 Å². The van der Waals surface area contributed by atoms with Crippen LogP contribution in [0.5, 0.6) is 5.75 Å². The lowest BCUT2D eigenvalue weighted by Gasteiger charge is -2.16. The van der Waals surface area contributed by atoms with Crippen molar-refractivity contribution in [2.45, 2.75) is 20.0 Å². The summed E-state index contributed by atoms with van der Waals surface area (Å²) in [5.41, 5.74) is 1.42. The van der Waals surface area contributed by atoms with Crippen molar-refractivity contribution in [2.75, 3.05) is 13.7 Å². The molecule has 0 spiro atoms. The number of carbonyl (C=O) groups is 1. The van der Waals surface area contributed by atoms with Gasteiger partial charge in [0, 0.05) is 4.47 Å². The van der Waals surface area contributed by atoms with Crippen LogP contribution in [0.1, 0.15) is 24.2 Å². The van der Waals surface area contributed by atoms with Gasteiger partial charge in [-0.3, -0.25) is 0 Å². The summed E-state index contributed by atoms with van der Waals surface area (Å²) < 4.78 is 15.5. The largest absolute Gasteiger partial charge is 0.509 e. The van der Waals surface area contributed by atoms with E-state index in [9.17, 15) is 4.79 Å². The van der Waals surface area contributed by atoms with Gasteiger partial charge in [0.1, 0.15) is 11.8 Å². The number of rotatable bonds is 4. The summed E-state index contributed by atoms with van der Waals surface area (Å²) in [4.78, 5) is 11.3. The second-order valence-electron chi connectivity index (χ2n) is 3.67. The minimum Gasteiger partial charge on any atom is -0.496 e. The average molecular weight is 328 g/mol. The molecule has 0 amide bonds. The van der Waals surface area contributed by atoms with Crippen LogP contribution in [0.4, 0.5) is 4.79 Å². The first-order valence-corrected chi connectivity index (χ1v) is 6.39. The zero-order valence-electron chi connectivity index (χ0n) is 10.9. The topological polar surface area (TPSA) is 68.5 Å². The SMILES string of the molecule is CCOC(=O)OC(C#N)c1c(Br)cc(C)cc1OC. The van der Waals surface area contributed by atoms with Gasteiger partial charge in [0.15, 0.2) is 0 Å². The molecule has 1 atom stereocenters. The first kappa shape index (κ1) is 15.3. The molecular formula is C13H14BrNO4. The van der Waals surface area contributed by atoms with Crippen molar-refractivity contribution in [2.24, 2.45) is 0 Å². The molecule has 0 saturated carbocycles. The lowest BCUT2D eigenvalue weighted by atomic mass is 10.1. The molecule has 0 aliphatic rings. The van der Waals surface area contributed by atoms with Crippen LogP contribution in [0, 0.1) is 18.3 Å². The number of nitriles is 1. The third-order valence-electron chi connectivity index (χ3n) is 2.31. The molecule has 1 rings (SSSR count). The van der Waals surface area contributed by atoms with E-state index in [0.29, 0.717) is 15.8 Å². The van der Waals surface area contributed by atoms with Gasteiger partial charge in [0.05, 0.1) is 19.3 Å². The smallest absolute Gasteiger partial charge is 0.496 e. The normalized spacial score (nSPS) is 11.3. The Morgan fingerprint density at radius 1 is 1.53 bits per heavy atom. The Balaban J connectivity index is 3.12. The monoisotopic (exact) mass is 327 g/mol. The van der Waals surface area contributed by atoms with Gasteiger partial charge in [-0.2, -0.15) is 5.26 Å². The Kier molecular flexibility index (Phi) is 5.64. The van der Waals surface area contributed by atoms with Crippen molar-refractivity contribution >= 4 is 22.1 Å². The Labute approximate surface area is 120 Å². The van der Waals surface area contributed by atoms with Crippen LogP contribution >= 0.6 is 15.9 Å². The van der Waals surface area contributed by atoms with Crippen LogP contribution in [0.3, 0.4) is 0 Å². The molecule has 0 fully saturated rings. The number of benzene rings is 1. The molecule has 0 aromatic heterocycles. The fourth-order valence-corrected chi connectivity index (χ4v) is 2.31. The summed E-state index contributed by atoms with van der Waals surface area (Å²) in [5, 5.41) is 9.15. The molecule has 0 saturated heterocycles. The fraction of sp³-hybridized carbons (Fsp3) is 0.385. The maximum Gasteiger partial charge on any atom is 0.509 e. The lowest BCUT2D eigenvalue weighted by molar-refractivity contribution is 0.0414. The maximum absolute atomic E-state index is 11.3. The van der Waals surface area contributed by atoms with Gasteiger partial charge in [0.2, 0.25) is 6.10 Å². The first-order valence-electron chi connectivity index (χ1n) is 5.60. The number of methoxy groups -OCH3 is 1. The molecule has 1 unspecified atom stereocenters. The highest BCUT2D eigenvalue weighted by atomic mass is 79.9. The average Bonchev–Trinajstić information content (AvgIpc) is 2.36. The second-order valence-corrected chi connectivity index (χ2v) is 4.53. The molecule has 5 nitrogen and oxygen atoms in total. The number of aryl methyl sites for hydroxylation is 1. The fourth-order valence-electron chi connectivity index (χ4n) is 1.54. The quantitative estimate of drug-likeness (QED) is 0.791. The van der Waals surface area contributed by atoms with Gasteiger partial charge in [-0.1, -0.05) is 15.9 Å². The predicted molar refractivity (Wildman–Crippen MR) is 71.9 cm³/mol. The van der Waals surface area contributed by atoms with Crippen molar-refractivity contribution in [3.05, 3.63) is 27.7 Å². The molecule has 1 aromatic carbocycles. The minimum absolute atomic E-state index is 0.184. The summed E-state index contributed by atoms with van der Waals surface area (Å²) in [7, 11) is 1.49. The Morgan fingerprint density at radius 2 is 2.21 bits per heavy atom. The Bertz CT molecular complexity index is 510. The molecular weight excluding hydrogens is 314 g/mol. The highest BCUT2D eigenvalue weighted by Crippen LogP contribution is 2.35. The zero-order valence-corrected chi connectivity index (χ0v) is 12.5. The van der Waals surface area contributed by atoms with E-state index in [0.717, 1.165) is 5.56 Å². The highest BCUT2D eigenvalue weighted by molar-refractivity contribution is 9.10. The van der Waals surface area contributed by atoms with Crippen LogP contribution in [-0.2, 0) is 9.47 Å². The molecule has 0 radical (unpaired) electrons. The number of ether oxygens (including phenoxy) is 3. The number of halogens is 1. The molecule has 0 heterocycles. The molecule has 102 valence electrons. The van der Waals surface area contributed by atoms with Crippen LogP contribution < -0.4 is 4.74 Å². The molecule has 0 aliphatic carbocycles. The first-order chi connectivity index (χ1) is 9.03. The van der Waals surface area contributed by atoms with Crippen LogP contribution in [-0.4, -0.2) is 19.9 Å². The Morgan fingerprint density at radius 3 is 2.74 bits per heavy atom. The molecule has 1 aromatic rings. The van der Waals surface area contributed by atoms with Gasteiger partial charge >= 0.3 is 6.16 Å². The maximum atomic E-state index is 11.3. The van der Waals surface area contributed by atoms with E-state index in [1.165, 1.54) is 7.11 Å². The molecule has 6 heteroatoms. The standard InChI is InChI=1S/C13H14BrNO4/c1-4-18-13(16)19-11(7-15)12-9(14)5-8(2)6-10(12)17-3/h5-6,11H,4H2,1-3H3. The number of nitrogens with zero attached hydrogens (tertiary/aromatic N) is 1. The predicted octanol–water partition coefficient (Wildman–Crippen LogP) is 3.50.